The number of aromatic nitrogens is 1. The maximum atomic E-state index is 13.2. The number of hydrogen-bond donors (Lipinski definition) is 0. The van der Waals surface area contributed by atoms with Crippen LogP contribution < -0.4 is 4.90 Å². The molecule has 0 saturated carbocycles. The molecular formula is C21H22N4O4S. The first-order valence-corrected chi connectivity index (χ1v) is 11.1. The van der Waals surface area contributed by atoms with E-state index in [-0.39, 0.29) is 5.69 Å². The molecule has 1 aromatic heterocycles. The van der Waals surface area contributed by atoms with Crippen molar-refractivity contribution in [3.63, 3.8) is 0 Å². The number of aryl methyl sites for hydroxylation is 2. The van der Waals surface area contributed by atoms with Crippen molar-refractivity contribution in [2.24, 2.45) is 0 Å². The molecule has 4 rings (SSSR count). The normalized spacial score (nSPS) is 15.5. The monoisotopic (exact) mass is 426 g/mol. The van der Waals surface area contributed by atoms with E-state index in [1.807, 2.05) is 19.1 Å². The topological polar surface area (TPSA) is 96.7 Å². The number of nitrogens with zero attached hydrogens (tertiary/aromatic N) is 4. The van der Waals surface area contributed by atoms with Gasteiger partial charge >= 0.3 is 0 Å². The lowest BCUT2D eigenvalue weighted by atomic mass is 10.1. The summed E-state index contributed by atoms with van der Waals surface area (Å²) < 4.78 is 27.8. The highest BCUT2D eigenvalue weighted by atomic mass is 32.2. The molecule has 8 nitrogen and oxygen atoms in total. The van der Waals surface area contributed by atoms with Gasteiger partial charge in [0.1, 0.15) is 0 Å². The maximum absolute atomic E-state index is 13.2. The number of benzene rings is 2. The highest BCUT2D eigenvalue weighted by Crippen LogP contribution is 2.34. The first-order valence-electron chi connectivity index (χ1n) is 9.62. The van der Waals surface area contributed by atoms with Crippen molar-refractivity contribution in [1.82, 2.24) is 9.29 Å². The second kappa shape index (κ2) is 7.66. The summed E-state index contributed by atoms with van der Waals surface area (Å²) in [7, 11) is -3.57. The number of rotatable bonds is 4. The van der Waals surface area contributed by atoms with Crippen LogP contribution >= 0.6 is 0 Å². The number of nitro benzene ring substituents is 1. The van der Waals surface area contributed by atoms with E-state index in [1.54, 1.807) is 31.3 Å². The Morgan fingerprint density at radius 2 is 1.73 bits per heavy atom. The zero-order valence-electron chi connectivity index (χ0n) is 16.8. The van der Waals surface area contributed by atoms with Crippen LogP contribution in [-0.2, 0) is 10.0 Å². The second-order valence-electron chi connectivity index (χ2n) is 7.44. The Bertz CT molecular complexity index is 1230. The fourth-order valence-corrected chi connectivity index (χ4v) is 5.62. The molecule has 1 fully saturated rings. The minimum Gasteiger partial charge on any atom is -0.368 e. The molecule has 9 heteroatoms. The summed E-state index contributed by atoms with van der Waals surface area (Å²) in [4.78, 5) is 17.4. The van der Waals surface area contributed by atoms with Gasteiger partial charge in [-0.25, -0.2) is 8.42 Å². The molecule has 0 amide bonds. The molecule has 0 N–H and O–H groups in total. The van der Waals surface area contributed by atoms with Gasteiger partial charge in [0.15, 0.2) is 0 Å². The zero-order chi connectivity index (χ0) is 21.5. The van der Waals surface area contributed by atoms with E-state index in [2.05, 4.69) is 9.88 Å². The number of hydrogen-bond acceptors (Lipinski definition) is 6. The average molecular weight is 426 g/mol. The smallest absolute Gasteiger partial charge is 0.278 e. The van der Waals surface area contributed by atoms with Crippen LogP contribution in [0.15, 0.2) is 53.7 Å². The summed E-state index contributed by atoms with van der Waals surface area (Å²) in [6.07, 6.45) is 3.11. The summed E-state index contributed by atoms with van der Waals surface area (Å²) in [6.45, 7) is 5.38. The highest BCUT2D eigenvalue weighted by molar-refractivity contribution is 7.89. The van der Waals surface area contributed by atoms with Gasteiger partial charge in [-0.1, -0.05) is 12.1 Å². The van der Waals surface area contributed by atoms with Crippen LogP contribution in [0.4, 0.5) is 11.4 Å². The maximum Gasteiger partial charge on any atom is 0.278 e. The van der Waals surface area contributed by atoms with Crippen molar-refractivity contribution < 1.29 is 13.3 Å². The van der Waals surface area contributed by atoms with Gasteiger partial charge in [-0.05, 0) is 43.2 Å². The van der Waals surface area contributed by atoms with Crippen molar-refractivity contribution in [1.29, 1.82) is 0 Å². The fourth-order valence-electron chi connectivity index (χ4n) is 3.89. The Kier molecular flexibility index (Phi) is 5.17. The number of sulfonamides is 1. The van der Waals surface area contributed by atoms with Crippen LogP contribution in [0.5, 0.6) is 0 Å². The van der Waals surface area contributed by atoms with Crippen LogP contribution in [0.1, 0.15) is 11.1 Å². The van der Waals surface area contributed by atoms with Crippen molar-refractivity contribution in [3.05, 3.63) is 70.0 Å². The number of fused-ring (bicyclic) bond motifs is 1. The molecule has 3 aromatic rings. The Morgan fingerprint density at radius 1 is 1.00 bits per heavy atom. The second-order valence-corrected chi connectivity index (χ2v) is 9.35. The number of piperazine rings is 1. The standard InChI is InChI=1S/C21H22N4O4S/c1-15-3-4-16(2)21(13-15)30(28,29)24-11-9-23(10-12-24)19-5-6-20(25(26)27)18-14-22-8-7-17(18)19/h3-8,13-14H,9-12H2,1-2H3. The Labute approximate surface area is 175 Å². The van der Waals surface area contributed by atoms with E-state index < -0.39 is 14.9 Å². The number of non-ortho nitro benzene ring substituents is 1. The van der Waals surface area contributed by atoms with Gasteiger partial charge in [0, 0.05) is 55.7 Å². The van der Waals surface area contributed by atoms with E-state index in [0.29, 0.717) is 36.5 Å². The Morgan fingerprint density at radius 3 is 2.43 bits per heavy atom. The van der Waals surface area contributed by atoms with Crippen LogP contribution in [0, 0.1) is 24.0 Å². The zero-order valence-corrected chi connectivity index (χ0v) is 17.6. The van der Waals surface area contributed by atoms with Crippen LogP contribution in [0.3, 0.4) is 0 Å². The molecule has 1 aliphatic rings. The van der Waals surface area contributed by atoms with Gasteiger partial charge in [-0.2, -0.15) is 4.31 Å². The predicted octanol–water partition coefficient (Wildman–Crippen LogP) is 3.27. The third-order valence-electron chi connectivity index (χ3n) is 5.51. The minimum atomic E-state index is -3.57. The number of nitro groups is 1. The quantitative estimate of drug-likeness (QED) is 0.469. The van der Waals surface area contributed by atoms with Gasteiger partial charge in [-0.15, -0.1) is 0 Å². The van der Waals surface area contributed by atoms with E-state index in [1.165, 1.54) is 16.6 Å². The molecule has 0 aliphatic carbocycles. The van der Waals surface area contributed by atoms with Gasteiger partial charge in [0.2, 0.25) is 10.0 Å². The SMILES string of the molecule is Cc1ccc(C)c(S(=O)(=O)N2CCN(c3ccc([N+](=O)[O-])c4cnccc34)CC2)c1. The third-order valence-corrected chi connectivity index (χ3v) is 7.55. The van der Waals surface area contributed by atoms with Crippen molar-refractivity contribution >= 4 is 32.2 Å². The highest BCUT2D eigenvalue weighted by Gasteiger charge is 2.30. The molecule has 0 bridgehead atoms. The molecule has 156 valence electrons. The molecule has 30 heavy (non-hydrogen) atoms. The van der Waals surface area contributed by atoms with Crippen molar-refractivity contribution in [2.45, 2.75) is 18.7 Å². The molecular weight excluding hydrogens is 404 g/mol. The fraction of sp³-hybridized carbons (Fsp3) is 0.286. The van der Waals surface area contributed by atoms with Gasteiger partial charge in [0.05, 0.1) is 15.2 Å². The molecule has 0 radical (unpaired) electrons. The number of pyridine rings is 1. The lowest BCUT2D eigenvalue weighted by Crippen LogP contribution is -2.48. The van der Waals surface area contributed by atoms with E-state index in [0.717, 1.165) is 22.2 Å². The third kappa shape index (κ3) is 3.50. The lowest BCUT2D eigenvalue weighted by molar-refractivity contribution is -0.383. The first kappa shape index (κ1) is 20.2. The molecule has 0 spiro atoms. The van der Waals surface area contributed by atoms with Gasteiger partial charge in [0.25, 0.3) is 5.69 Å². The van der Waals surface area contributed by atoms with Crippen molar-refractivity contribution in [3.8, 4) is 0 Å². The van der Waals surface area contributed by atoms with Crippen LogP contribution in [0.2, 0.25) is 0 Å². The molecule has 0 atom stereocenters. The first-order chi connectivity index (χ1) is 14.3. The molecule has 2 heterocycles. The van der Waals surface area contributed by atoms with Crippen LogP contribution in [0.25, 0.3) is 10.8 Å². The predicted molar refractivity (Wildman–Crippen MR) is 115 cm³/mol. The van der Waals surface area contributed by atoms with E-state index in [9.17, 15) is 18.5 Å². The molecule has 1 aliphatic heterocycles. The largest absolute Gasteiger partial charge is 0.368 e. The summed E-state index contributed by atoms with van der Waals surface area (Å²) in [5, 5.41) is 12.6. The summed E-state index contributed by atoms with van der Waals surface area (Å²) >= 11 is 0. The van der Waals surface area contributed by atoms with Gasteiger partial charge in [-0.3, -0.25) is 15.1 Å². The average Bonchev–Trinajstić information content (AvgIpc) is 2.74. The van der Waals surface area contributed by atoms with E-state index >= 15 is 0 Å². The molecule has 2 aromatic carbocycles. The number of anilines is 1. The lowest BCUT2D eigenvalue weighted by Gasteiger charge is -2.36. The molecule has 1 saturated heterocycles. The summed E-state index contributed by atoms with van der Waals surface area (Å²) in [6, 6.07) is 10.4. The summed E-state index contributed by atoms with van der Waals surface area (Å²) in [5.74, 6) is 0. The Balaban J connectivity index is 1.61. The Hall–Kier alpha value is -3.04. The molecule has 0 unspecified atom stereocenters. The van der Waals surface area contributed by atoms with E-state index in [4.69, 9.17) is 0 Å². The van der Waals surface area contributed by atoms with Crippen molar-refractivity contribution in [2.75, 3.05) is 31.1 Å². The minimum absolute atomic E-state index is 0.0120. The van der Waals surface area contributed by atoms with Crippen LogP contribution in [-0.4, -0.2) is 48.8 Å². The summed E-state index contributed by atoms with van der Waals surface area (Å²) in [5.41, 5.74) is 2.50. The van der Waals surface area contributed by atoms with Gasteiger partial charge < -0.3 is 4.90 Å².